The summed E-state index contributed by atoms with van der Waals surface area (Å²) in [6.45, 7) is 3.03. The maximum absolute atomic E-state index is 12.8. The van der Waals surface area contributed by atoms with E-state index in [2.05, 4.69) is 15.6 Å². The molecular formula is C20H16F3N5O4. The number of halogens is 3. The number of rotatable bonds is 5. The minimum absolute atomic E-state index is 0.00343. The summed E-state index contributed by atoms with van der Waals surface area (Å²) >= 11 is 0. The van der Waals surface area contributed by atoms with Crippen molar-refractivity contribution in [2.24, 2.45) is 5.10 Å². The summed E-state index contributed by atoms with van der Waals surface area (Å²) in [7, 11) is 0. The Morgan fingerprint density at radius 2 is 1.84 bits per heavy atom. The van der Waals surface area contributed by atoms with Gasteiger partial charge in [0.25, 0.3) is 17.2 Å². The van der Waals surface area contributed by atoms with Gasteiger partial charge in [-0.3, -0.25) is 24.8 Å². The molecule has 0 bridgehead atoms. The fourth-order valence-electron chi connectivity index (χ4n) is 2.97. The van der Waals surface area contributed by atoms with Crippen molar-refractivity contribution in [1.82, 2.24) is 15.2 Å². The van der Waals surface area contributed by atoms with Crippen molar-refractivity contribution in [2.45, 2.75) is 20.0 Å². The summed E-state index contributed by atoms with van der Waals surface area (Å²) in [6.07, 6.45) is -4.50. The van der Waals surface area contributed by atoms with Crippen molar-refractivity contribution in [3.05, 3.63) is 91.4 Å². The van der Waals surface area contributed by atoms with Gasteiger partial charge in [-0.05, 0) is 44.2 Å². The lowest BCUT2D eigenvalue weighted by atomic mass is 10.2. The highest BCUT2D eigenvalue weighted by atomic mass is 19.4. The Morgan fingerprint density at radius 3 is 2.44 bits per heavy atom. The first kappa shape index (κ1) is 22.5. The number of hydrogen-bond acceptors (Lipinski definition) is 5. The third kappa shape index (κ3) is 4.58. The summed E-state index contributed by atoms with van der Waals surface area (Å²) in [4.78, 5) is 35.2. The number of nitro groups is 1. The molecule has 3 rings (SSSR count). The van der Waals surface area contributed by atoms with Crippen LogP contribution in [0.15, 0.2) is 58.4 Å². The highest BCUT2D eigenvalue weighted by molar-refractivity contribution is 6.01. The Labute approximate surface area is 178 Å². The molecule has 9 nitrogen and oxygen atoms in total. The van der Waals surface area contributed by atoms with Gasteiger partial charge in [0.05, 0.1) is 27.4 Å². The highest BCUT2D eigenvalue weighted by Gasteiger charge is 2.30. The maximum Gasteiger partial charge on any atom is 0.416 e. The van der Waals surface area contributed by atoms with Gasteiger partial charge in [-0.2, -0.15) is 18.3 Å². The minimum Gasteiger partial charge on any atom is -0.295 e. The molecule has 3 aromatic rings. The van der Waals surface area contributed by atoms with Crippen LogP contribution in [0.1, 0.15) is 34.1 Å². The molecule has 1 heterocycles. The Hall–Kier alpha value is -4.22. The van der Waals surface area contributed by atoms with E-state index in [0.717, 1.165) is 35.0 Å². The standard InChI is InChI=1S/C20H16F3N5O4/c1-11(24-25-18(29)13-4-3-5-16(10-13)28(31)32)17-12(2)26-27(19(17)30)15-8-6-14(7-9-15)20(21,22)23/h3-10,26H,1-2H3,(H,25,29)/b24-11-. The second-order valence-electron chi connectivity index (χ2n) is 6.74. The number of nitrogens with zero attached hydrogens (tertiary/aromatic N) is 3. The van der Waals surface area contributed by atoms with E-state index in [9.17, 15) is 32.9 Å². The topological polar surface area (TPSA) is 122 Å². The zero-order valence-electron chi connectivity index (χ0n) is 16.7. The monoisotopic (exact) mass is 447 g/mol. The maximum atomic E-state index is 12.8. The third-order valence-corrected chi connectivity index (χ3v) is 4.53. The van der Waals surface area contributed by atoms with Crippen molar-refractivity contribution in [2.75, 3.05) is 0 Å². The van der Waals surface area contributed by atoms with Crippen LogP contribution in [0.5, 0.6) is 0 Å². The number of amides is 1. The number of carbonyl (C=O) groups is 1. The lowest BCUT2D eigenvalue weighted by molar-refractivity contribution is -0.384. The molecular weight excluding hydrogens is 431 g/mol. The van der Waals surface area contributed by atoms with Gasteiger partial charge in [0.2, 0.25) is 0 Å². The van der Waals surface area contributed by atoms with E-state index < -0.39 is 28.1 Å². The Morgan fingerprint density at radius 1 is 1.19 bits per heavy atom. The van der Waals surface area contributed by atoms with E-state index in [4.69, 9.17) is 0 Å². The zero-order chi connectivity index (χ0) is 23.6. The summed E-state index contributed by atoms with van der Waals surface area (Å²) in [6, 6.07) is 9.06. The van der Waals surface area contributed by atoms with Gasteiger partial charge in [-0.1, -0.05) is 6.07 Å². The number of hydrogen-bond donors (Lipinski definition) is 2. The lowest BCUT2D eigenvalue weighted by Gasteiger charge is -2.07. The molecule has 0 aliphatic rings. The van der Waals surface area contributed by atoms with Crippen LogP contribution >= 0.6 is 0 Å². The predicted octanol–water partition coefficient (Wildman–Crippen LogP) is 3.56. The summed E-state index contributed by atoms with van der Waals surface area (Å²) in [5.74, 6) is -0.718. The second kappa shape index (κ2) is 8.49. The Balaban J connectivity index is 1.85. The molecule has 32 heavy (non-hydrogen) atoms. The van der Waals surface area contributed by atoms with E-state index in [1.807, 2.05) is 0 Å². The van der Waals surface area contributed by atoms with Crippen LogP contribution in [0, 0.1) is 17.0 Å². The van der Waals surface area contributed by atoms with Crippen LogP contribution in [0.4, 0.5) is 18.9 Å². The number of aromatic nitrogens is 2. The van der Waals surface area contributed by atoms with E-state index in [1.165, 1.54) is 25.1 Å². The minimum atomic E-state index is -4.50. The first-order chi connectivity index (χ1) is 15.0. The Bertz CT molecular complexity index is 1270. The number of aryl methyl sites for hydroxylation is 1. The molecule has 12 heteroatoms. The number of non-ortho nitro benzene ring substituents is 1. The van der Waals surface area contributed by atoms with Gasteiger partial charge in [0.1, 0.15) is 0 Å². The molecule has 166 valence electrons. The molecule has 0 saturated carbocycles. The van der Waals surface area contributed by atoms with Crippen molar-refractivity contribution in [3.8, 4) is 5.69 Å². The highest BCUT2D eigenvalue weighted by Crippen LogP contribution is 2.29. The summed E-state index contributed by atoms with van der Waals surface area (Å²) in [5, 5.41) is 17.5. The van der Waals surface area contributed by atoms with E-state index >= 15 is 0 Å². The third-order valence-electron chi connectivity index (χ3n) is 4.53. The van der Waals surface area contributed by atoms with Crippen LogP contribution < -0.4 is 11.0 Å². The van der Waals surface area contributed by atoms with Gasteiger partial charge < -0.3 is 0 Å². The number of benzene rings is 2. The fourth-order valence-corrected chi connectivity index (χ4v) is 2.97. The molecule has 0 saturated heterocycles. The molecule has 0 aliphatic carbocycles. The van der Waals surface area contributed by atoms with Gasteiger partial charge >= 0.3 is 6.18 Å². The number of hydrazone groups is 1. The number of aromatic amines is 1. The van der Waals surface area contributed by atoms with Crippen LogP contribution in [0.3, 0.4) is 0 Å². The predicted molar refractivity (Wildman–Crippen MR) is 109 cm³/mol. The van der Waals surface area contributed by atoms with Gasteiger partial charge in [-0.25, -0.2) is 10.1 Å². The number of alkyl halides is 3. The number of nitro benzene ring substituents is 1. The first-order valence-corrected chi connectivity index (χ1v) is 9.07. The van der Waals surface area contributed by atoms with Crippen molar-refractivity contribution in [1.29, 1.82) is 0 Å². The fraction of sp³-hybridized carbons (Fsp3) is 0.150. The number of carbonyl (C=O) groups excluding carboxylic acids is 1. The zero-order valence-corrected chi connectivity index (χ0v) is 16.7. The van der Waals surface area contributed by atoms with Gasteiger partial charge in [0, 0.05) is 23.4 Å². The number of H-pyrrole nitrogens is 1. The van der Waals surface area contributed by atoms with Crippen LogP contribution in [-0.4, -0.2) is 26.3 Å². The van der Waals surface area contributed by atoms with E-state index in [1.54, 1.807) is 6.92 Å². The van der Waals surface area contributed by atoms with Crippen LogP contribution in [0.25, 0.3) is 5.69 Å². The number of nitrogens with one attached hydrogen (secondary N) is 2. The molecule has 0 spiro atoms. The van der Waals surface area contributed by atoms with E-state index in [0.29, 0.717) is 5.69 Å². The average Bonchev–Trinajstić information content (AvgIpc) is 3.05. The molecule has 0 radical (unpaired) electrons. The quantitative estimate of drug-likeness (QED) is 0.353. The molecule has 1 aromatic heterocycles. The summed E-state index contributed by atoms with van der Waals surface area (Å²) < 4.78 is 39.3. The van der Waals surface area contributed by atoms with Crippen molar-refractivity contribution in [3.63, 3.8) is 0 Å². The molecule has 0 atom stereocenters. The van der Waals surface area contributed by atoms with Crippen molar-refractivity contribution < 1.29 is 22.9 Å². The smallest absolute Gasteiger partial charge is 0.295 e. The average molecular weight is 447 g/mol. The van der Waals surface area contributed by atoms with Crippen LogP contribution in [-0.2, 0) is 6.18 Å². The lowest BCUT2D eigenvalue weighted by Crippen LogP contribution is -2.23. The van der Waals surface area contributed by atoms with Gasteiger partial charge in [0.15, 0.2) is 0 Å². The SMILES string of the molecule is C/C(=N/NC(=O)c1cccc([N+](=O)[O-])c1)c1c(C)[nH]n(-c2ccc(C(F)(F)F)cc2)c1=O. The van der Waals surface area contributed by atoms with Gasteiger partial charge in [-0.15, -0.1) is 0 Å². The molecule has 0 fully saturated rings. The van der Waals surface area contributed by atoms with E-state index in [-0.39, 0.29) is 28.2 Å². The Kier molecular flexibility index (Phi) is 5.96. The van der Waals surface area contributed by atoms with Crippen LogP contribution in [0.2, 0.25) is 0 Å². The molecule has 0 unspecified atom stereocenters. The largest absolute Gasteiger partial charge is 0.416 e. The molecule has 2 aromatic carbocycles. The van der Waals surface area contributed by atoms with Crippen molar-refractivity contribution >= 4 is 17.3 Å². The first-order valence-electron chi connectivity index (χ1n) is 9.07. The summed E-state index contributed by atoms with van der Waals surface area (Å²) in [5.41, 5.74) is 1.35. The molecule has 0 aliphatic heterocycles. The second-order valence-corrected chi connectivity index (χ2v) is 6.74. The molecule has 2 N–H and O–H groups in total. The molecule has 1 amide bonds. The normalized spacial score (nSPS) is 12.0.